The van der Waals surface area contributed by atoms with Gasteiger partial charge in [0.25, 0.3) is 5.91 Å². The van der Waals surface area contributed by atoms with Crippen LogP contribution in [0.5, 0.6) is 5.75 Å². The fourth-order valence-corrected chi connectivity index (χ4v) is 3.06. The molecule has 0 aliphatic carbocycles. The van der Waals surface area contributed by atoms with Crippen LogP contribution in [0.1, 0.15) is 23.6 Å². The van der Waals surface area contributed by atoms with E-state index in [4.69, 9.17) is 4.74 Å². The number of rotatable bonds is 4. The molecule has 1 atom stereocenters. The second-order valence-electron chi connectivity index (χ2n) is 5.89. The van der Waals surface area contributed by atoms with E-state index < -0.39 is 6.10 Å². The molecule has 23 heavy (non-hydrogen) atoms. The lowest BCUT2D eigenvalue weighted by atomic mass is 10.1. The Kier molecular flexibility index (Phi) is 4.35. The summed E-state index contributed by atoms with van der Waals surface area (Å²) in [6.45, 7) is 4.45. The van der Waals surface area contributed by atoms with Gasteiger partial charge in [0.1, 0.15) is 5.75 Å². The molecular weight excluding hydrogens is 290 g/mol. The van der Waals surface area contributed by atoms with Gasteiger partial charge < -0.3 is 14.7 Å². The molecule has 1 unspecified atom stereocenters. The molecule has 1 aliphatic heterocycles. The molecule has 4 nitrogen and oxygen atoms in total. The number of aryl methyl sites for hydroxylation is 1. The quantitative estimate of drug-likeness (QED) is 0.944. The number of hydrogen-bond acceptors (Lipinski definition) is 3. The highest BCUT2D eigenvalue weighted by molar-refractivity contribution is 5.99. The highest BCUT2D eigenvalue weighted by atomic mass is 16.5. The number of para-hydroxylation sites is 1. The second-order valence-corrected chi connectivity index (χ2v) is 5.89. The van der Waals surface area contributed by atoms with Crippen LogP contribution < -0.4 is 9.64 Å². The van der Waals surface area contributed by atoms with E-state index in [-0.39, 0.29) is 12.5 Å². The van der Waals surface area contributed by atoms with Gasteiger partial charge in [-0.2, -0.15) is 0 Å². The lowest BCUT2D eigenvalue weighted by molar-refractivity contribution is -0.124. The number of carbonyl (C=O) groups excluding carboxylic acids is 1. The van der Waals surface area contributed by atoms with Gasteiger partial charge in [0.15, 0.2) is 6.10 Å². The second kappa shape index (κ2) is 6.42. The van der Waals surface area contributed by atoms with Crippen molar-refractivity contribution in [2.75, 3.05) is 11.4 Å². The van der Waals surface area contributed by atoms with Crippen molar-refractivity contribution in [2.45, 2.75) is 33.0 Å². The maximum Gasteiger partial charge on any atom is 0.267 e. The van der Waals surface area contributed by atoms with Gasteiger partial charge in [0, 0.05) is 12.2 Å². The predicted octanol–water partition coefficient (Wildman–Crippen LogP) is 2.84. The lowest BCUT2D eigenvalue weighted by Crippen LogP contribution is -2.39. The van der Waals surface area contributed by atoms with E-state index in [1.54, 1.807) is 19.1 Å². The molecule has 0 bridgehead atoms. The average Bonchev–Trinajstić information content (AvgIpc) is 2.99. The van der Waals surface area contributed by atoms with Crippen LogP contribution in [-0.2, 0) is 17.8 Å². The van der Waals surface area contributed by atoms with Crippen molar-refractivity contribution in [3.63, 3.8) is 0 Å². The first-order valence-corrected chi connectivity index (χ1v) is 7.86. The molecule has 0 fully saturated rings. The Morgan fingerprint density at radius 1 is 1.30 bits per heavy atom. The number of amides is 1. The van der Waals surface area contributed by atoms with E-state index in [1.165, 1.54) is 5.56 Å². The summed E-state index contributed by atoms with van der Waals surface area (Å²) in [5.41, 5.74) is 4.12. The van der Waals surface area contributed by atoms with Crippen molar-refractivity contribution in [3.8, 4) is 5.75 Å². The first-order chi connectivity index (χ1) is 11.1. The maximum absolute atomic E-state index is 12.8. The number of hydrogen-bond donors (Lipinski definition) is 1. The Balaban J connectivity index is 1.76. The number of nitrogens with zero attached hydrogens (tertiary/aromatic N) is 1. The van der Waals surface area contributed by atoms with E-state index in [0.29, 0.717) is 12.3 Å². The van der Waals surface area contributed by atoms with Crippen LogP contribution >= 0.6 is 0 Å². The lowest BCUT2D eigenvalue weighted by Gasteiger charge is -2.23. The highest BCUT2D eigenvalue weighted by Gasteiger charge is 2.30. The molecule has 0 radical (unpaired) electrons. The van der Waals surface area contributed by atoms with Gasteiger partial charge in [-0.25, -0.2) is 0 Å². The van der Waals surface area contributed by atoms with Crippen molar-refractivity contribution in [1.82, 2.24) is 0 Å². The largest absolute Gasteiger partial charge is 0.481 e. The Morgan fingerprint density at radius 3 is 2.87 bits per heavy atom. The Morgan fingerprint density at radius 2 is 2.09 bits per heavy atom. The third-order valence-corrected chi connectivity index (χ3v) is 4.20. The van der Waals surface area contributed by atoms with Gasteiger partial charge in [-0.3, -0.25) is 4.79 Å². The molecule has 0 spiro atoms. The predicted molar refractivity (Wildman–Crippen MR) is 89.7 cm³/mol. The molecule has 0 aromatic heterocycles. The fraction of sp³-hybridized carbons (Fsp3) is 0.316. The van der Waals surface area contributed by atoms with E-state index >= 15 is 0 Å². The standard InChI is InChI=1S/C19H21NO3/c1-13-5-3-7-16-9-10-20(18(13)16)19(22)14(2)23-17-8-4-6-15(11-17)12-21/h3-8,11,14,21H,9-10,12H2,1-2H3. The van der Waals surface area contributed by atoms with E-state index in [0.717, 1.165) is 23.2 Å². The molecule has 0 saturated heterocycles. The third kappa shape index (κ3) is 3.08. The van der Waals surface area contributed by atoms with Gasteiger partial charge in [0.05, 0.1) is 6.61 Å². The zero-order chi connectivity index (χ0) is 16.4. The number of aliphatic hydroxyl groups excluding tert-OH is 1. The zero-order valence-electron chi connectivity index (χ0n) is 13.5. The molecular formula is C19H21NO3. The summed E-state index contributed by atoms with van der Waals surface area (Å²) in [5.74, 6) is 0.564. The Bertz CT molecular complexity index is 726. The summed E-state index contributed by atoms with van der Waals surface area (Å²) in [4.78, 5) is 14.6. The molecule has 120 valence electrons. The SMILES string of the molecule is Cc1cccc2c1N(C(=O)C(C)Oc1cccc(CO)c1)CC2. The topological polar surface area (TPSA) is 49.8 Å². The van der Waals surface area contributed by atoms with Gasteiger partial charge >= 0.3 is 0 Å². The summed E-state index contributed by atoms with van der Waals surface area (Å²) < 4.78 is 5.78. The molecule has 1 heterocycles. The van der Waals surface area contributed by atoms with Gasteiger partial charge in [-0.05, 0) is 49.1 Å². The molecule has 2 aromatic carbocycles. The number of carbonyl (C=O) groups is 1. The number of benzene rings is 2. The van der Waals surface area contributed by atoms with Crippen LogP contribution in [0.15, 0.2) is 42.5 Å². The van der Waals surface area contributed by atoms with E-state index in [1.807, 2.05) is 36.1 Å². The van der Waals surface area contributed by atoms with Crippen molar-refractivity contribution < 1.29 is 14.6 Å². The molecule has 3 rings (SSSR count). The molecule has 2 aromatic rings. The van der Waals surface area contributed by atoms with Crippen molar-refractivity contribution in [2.24, 2.45) is 0 Å². The first kappa shape index (κ1) is 15.6. The molecule has 0 saturated carbocycles. The highest BCUT2D eigenvalue weighted by Crippen LogP contribution is 2.32. The van der Waals surface area contributed by atoms with Crippen LogP contribution in [0, 0.1) is 6.92 Å². The zero-order valence-corrected chi connectivity index (χ0v) is 13.5. The Labute approximate surface area is 136 Å². The minimum Gasteiger partial charge on any atom is -0.481 e. The number of ether oxygens (including phenoxy) is 1. The number of aliphatic hydroxyl groups is 1. The average molecular weight is 311 g/mol. The molecule has 1 amide bonds. The molecule has 4 heteroatoms. The monoisotopic (exact) mass is 311 g/mol. The van der Waals surface area contributed by atoms with Crippen molar-refractivity contribution in [3.05, 3.63) is 59.2 Å². The summed E-state index contributed by atoms with van der Waals surface area (Å²) in [6, 6.07) is 13.3. The van der Waals surface area contributed by atoms with Gasteiger partial charge in [0.2, 0.25) is 0 Å². The summed E-state index contributed by atoms with van der Waals surface area (Å²) in [7, 11) is 0. The van der Waals surface area contributed by atoms with Crippen LogP contribution in [0.4, 0.5) is 5.69 Å². The number of anilines is 1. The molecule has 1 aliphatic rings. The first-order valence-electron chi connectivity index (χ1n) is 7.86. The number of fused-ring (bicyclic) bond motifs is 1. The van der Waals surface area contributed by atoms with E-state index in [2.05, 4.69) is 6.07 Å². The summed E-state index contributed by atoms with van der Waals surface area (Å²) in [6.07, 6.45) is 0.310. The summed E-state index contributed by atoms with van der Waals surface area (Å²) >= 11 is 0. The normalized spacial score (nSPS) is 14.5. The van der Waals surface area contributed by atoms with Gasteiger partial charge in [-0.15, -0.1) is 0 Å². The smallest absolute Gasteiger partial charge is 0.267 e. The van der Waals surface area contributed by atoms with E-state index in [9.17, 15) is 9.90 Å². The minimum absolute atomic E-state index is 0.0348. The fourth-order valence-electron chi connectivity index (χ4n) is 3.06. The third-order valence-electron chi connectivity index (χ3n) is 4.20. The Hall–Kier alpha value is -2.33. The van der Waals surface area contributed by atoms with Gasteiger partial charge in [-0.1, -0.05) is 30.3 Å². The maximum atomic E-state index is 12.8. The molecule has 1 N–H and O–H groups in total. The van der Waals surface area contributed by atoms with Crippen LogP contribution in [0.2, 0.25) is 0 Å². The summed E-state index contributed by atoms with van der Waals surface area (Å²) in [5, 5.41) is 9.19. The van der Waals surface area contributed by atoms with Crippen LogP contribution in [0.3, 0.4) is 0 Å². The van der Waals surface area contributed by atoms with Crippen molar-refractivity contribution >= 4 is 11.6 Å². The van der Waals surface area contributed by atoms with Crippen LogP contribution in [0.25, 0.3) is 0 Å². The van der Waals surface area contributed by atoms with Crippen molar-refractivity contribution in [1.29, 1.82) is 0 Å². The minimum atomic E-state index is -0.575. The van der Waals surface area contributed by atoms with Crippen LogP contribution in [-0.4, -0.2) is 23.7 Å².